The summed E-state index contributed by atoms with van der Waals surface area (Å²) in [6.07, 6.45) is 0. The molecule has 0 fully saturated rings. The summed E-state index contributed by atoms with van der Waals surface area (Å²) in [5.41, 5.74) is 0.691. The van der Waals surface area contributed by atoms with Crippen molar-refractivity contribution in [1.29, 1.82) is 0 Å². The zero-order chi connectivity index (χ0) is 15.5. The molecular formula is C15H14O5S. The van der Waals surface area contributed by atoms with Crippen LogP contribution >= 0.6 is 0 Å². The molecule has 0 amide bonds. The van der Waals surface area contributed by atoms with Crippen molar-refractivity contribution in [3.05, 3.63) is 59.7 Å². The molecule has 0 radical (unpaired) electrons. The number of sulfone groups is 1. The average Bonchev–Trinajstić information content (AvgIpc) is 2.48. The number of hydrogen-bond acceptors (Lipinski definition) is 4. The van der Waals surface area contributed by atoms with Gasteiger partial charge in [0.2, 0.25) is 0 Å². The molecule has 0 aliphatic rings. The SMILES string of the molecule is COc1ccc(CS(=O)(=O)c2ccc(C(=O)O)cc2)cc1. The summed E-state index contributed by atoms with van der Waals surface area (Å²) >= 11 is 0. The van der Waals surface area contributed by atoms with Crippen molar-refractivity contribution >= 4 is 15.8 Å². The summed E-state index contributed by atoms with van der Waals surface area (Å²) in [7, 11) is -1.97. The molecule has 21 heavy (non-hydrogen) atoms. The predicted molar refractivity (Wildman–Crippen MR) is 77.3 cm³/mol. The molecule has 0 aromatic heterocycles. The van der Waals surface area contributed by atoms with Crippen molar-refractivity contribution in [2.24, 2.45) is 0 Å². The fourth-order valence-corrected chi connectivity index (χ4v) is 3.18. The van der Waals surface area contributed by atoms with Crippen LogP contribution in [0.1, 0.15) is 15.9 Å². The first-order valence-electron chi connectivity index (χ1n) is 6.11. The summed E-state index contributed by atoms with van der Waals surface area (Å²) in [6, 6.07) is 11.9. The van der Waals surface area contributed by atoms with Gasteiger partial charge in [-0.2, -0.15) is 0 Å². The van der Waals surface area contributed by atoms with E-state index in [2.05, 4.69) is 0 Å². The Morgan fingerprint density at radius 2 is 1.62 bits per heavy atom. The van der Waals surface area contributed by atoms with Gasteiger partial charge >= 0.3 is 5.97 Å². The van der Waals surface area contributed by atoms with Crippen LogP contribution in [0.3, 0.4) is 0 Å². The normalized spacial score (nSPS) is 11.1. The predicted octanol–water partition coefficient (Wildman–Crippen LogP) is 2.37. The van der Waals surface area contributed by atoms with E-state index in [-0.39, 0.29) is 16.2 Å². The smallest absolute Gasteiger partial charge is 0.335 e. The largest absolute Gasteiger partial charge is 0.497 e. The molecule has 1 N–H and O–H groups in total. The van der Waals surface area contributed by atoms with E-state index >= 15 is 0 Å². The second-order valence-electron chi connectivity index (χ2n) is 4.44. The van der Waals surface area contributed by atoms with Crippen molar-refractivity contribution in [3.8, 4) is 5.75 Å². The Labute approximate surface area is 122 Å². The van der Waals surface area contributed by atoms with E-state index in [1.807, 2.05) is 0 Å². The molecule has 0 aliphatic heterocycles. The van der Waals surface area contributed by atoms with E-state index in [0.29, 0.717) is 11.3 Å². The molecule has 110 valence electrons. The molecule has 2 rings (SSSR count). The van der Waals surface area contributed by atoms with Gasteiger partial charge in [0.25, 0.3) is 0 Å². The lowest BCUT2D eigenvalue weighted by molar-refractivity contribution is 0.0696. The third-order valence-corrected chi connectivity index (χ3v) is 4.68. The molecule has 2 aromatic rings. The standard InChI is InChI=1S/C15H14O5S/c1-20-13-6-2-11(3-7-13)10-21(18,19)14-8-4-12(5-9-14)15(16)17/h2-9H,10H2,1H3,(H,16,17). The molecule has 0 saturated heterocycles. The number of ether oxygens (including phenoxy) is 1. The molecule has 5 nitrogen and oxygen atoms in total. The zero-order valence-corrected chi connectivity index (χ0v) is 12.1. The highest BCUT2D eigenvalue weighted by atomic mass is 32.2. The summed E-state index contributed by atoms with van der Waals surface area (Å²) in [5.74, 6) is -0.584. The van der Waals surface area contributed by atoms with Gasteiger partial charge < -0.3 is 9.84 Å². The van der Waals surface area contributed by atoms with E-state index in [1.54, 1.807) is 24.3 Å². The minimum Gasteiger partial charge on any atom is -0.497 e. The highest BCUT2D eigenvalue weighted by molar-refractivity contribution is 7.90. The zero-order valence-electron chi connectivity index (χ0n) is 11.3. The number of benzene rings is 2. The molecule has 0 heterocycles. The number of carbonyl (C=O) groups is 1. The van der Waals surface area contributed by atoms with E-state index in [9.17, 15) is 13.2 Å². The van der Waals surface area contributed by atoms with Crippen molar-refractivity contribution in [2.45, 2.75) is 10.6 Å². The van der Waals surface area contributed by atoms with Gasteiger partial charge in [0, 0.05) is 0 Å². The first-order valence-corrected chi connectivity index (χ1v) is 7.76. The van der Waals surface area contributed by atoms with Crippen LogP contribution in [0.15, 0.2) is 53.4 Å². The highest BCUT2D eigenvalue weighted by Gasteiger charge is 2.16. The Balaban J connectivity index is 2.22. The highest BCUT2D eigenvalue weighted by Crippen LogP contribution is 2.19. The van der Waals surface area contributed by atoms with Crippen molar-refractivity contribution in [2.75, 3.05) is 7.11 Å². The molecule has 0 atom stereocenters. The lowest BCUT2D eigenvalue weighted by Crippen LogP contribution is -2.06. The van der Waals surface area contributed by atoms with Gasteiger partial charge in [0.1, 0.15) is 5.75 Å². The first kappa shape index (κ1) is 15.1. The van der Waals surface area contributed by atoms with Gasteiger partial charge in [-0.15, -0.1) is 0 Å². The molecule has 0 saturated carbocycles. The van der Waals surface area contributed by atoms with Crippen LogP contribution in [0.25, 0.3) is 0 Å². The number of methoxy groups -OCH3 is 1. The lowest BCUT2D eigenvalue weighted by atomic mass is 10.2. The number of carboxylic acids is 1. The van der Waals surface area contributed by atoms with Gasteiger partial charge in [-0.05, 0) is 42.0 Å². The van der Waals surface area contributed by atoms with Gasteiger partial charge in [-0.25, -0.2) is 13.2 Å². The maximum atomic E-state index is 12.3. The number of aromatic carboxylic acids is 1. The third kappa shape index (κ3) is 3.61. The Kier molecular flexibility index (Phi) is 4.28. The number of carboxylic acid groups (broad SMARTS) is 1. The van der Waals surface area contributed by atoms with Crippen LogP contribution < -0.4 is 4.74 Å². The summed E-state index contributed by atoms with van der Waals surface area (Å²) in [6.45, 7) is 0. The quantitative estimate of drug-likeness (QED) is 0.917. The van der Waals surface area contributed by atoms with Gasteiger partial charge in [0.05, 0.1) is 23.3 Å². The number of rotatable bonds is 5. The van der Waals surface area contributed by atoms with Crippen molar-refractivity contribution in [1.82, 2.24) is 0 Å². The fourth-order valence-electron chi connectivity index (χ4n) is 1.83. The third-order valence-electron chi connectivity index (χ3n) is 2.98. The second kappa shape index (κ2) is 5.97. The van der Waals surface area contributed by atoms with Crippen molar-refractivity contribution < 1.29 is 23.1 Å². The van der Waals surface area contributed by atoms with E-state index in [0.717, 1.165) is 0 Å². The van der Waals surface area contributed by atoms with Crippen molar-refractivity contribution in [3.63, 3.8) is 0 Å². The van der Waals surface area contributed by atoms with Gasteiger partial charge in [0.15, 0.2) is 9.84 Å². The second-order valence-corrected chi connectivity index (χ2v) is 6.43. The maximum Gasteiger partial charge on any atom is 0.335 e. The summed E-state index contributed by atoms with van der Waals surface area (Å²) < 4.78 is 29.5. The molecule has 0 bridgehead atoms. The van der Waals surface area contributed by atoms with Crippen LogP contribution in [0.2, 0.25) is 0 Å². The fraction of sp³-hybridized carbons (Fsp3) is 0.133. The molecule has 0 aliphatic carbocycles. The van der Waals surface area contributed by atoms with Gasteiger partial charge in [-0.3, -0.25) is 0 Å². The van der Waals surface area contributed by atoms with Crippen LogP contribution in [-0.2, 0) is 15.6 Å². The molecule has 0 unspecified atom stereocenters. The first-order chi connectivity index (χ1) is 9.92. The summed E-state index contributed by atoms with van der Waals surface area (Å²) in [5, 5.41) is 8.80. The van der Waals surface area contributed by atoms with Crippen LogP contribution in [0.4, 0.5) is 0 Å². The molecule has 2 aromatic carbocycles. The van der Waals surface area contributed by atoms with E-state index in [1.165, 1.54) is 31.4 Å². The van der Waals surface area contributed by atoms with E-state index < -0.39 is 15.8 Å². The minimum atomic E-state index is -3.51. The van der Waals surface area contributed by atoms with E-state index in [4.69, 9.17) is 9.84 Å². The molecular weight excluding hydrogens is 292 g/mol. The lowest BCUT2D eigenvalue weighted by Gasteiger charge is -2.06. The Bertz CT molecular complexity index is 731. The Morgan fingerprint density at radius 1 is 1.05 bits per heavy atom. The molecule has 6 heteroatoms. The van der Waals surface area contributed by atoms with Crippen LogP contribution in [-0.4, -0.2) is 26.6 Å². The topological polar surface area (TPSA) is 80.7 Å². The van der Waals surface area contributed by atoms with Crippen LogP contribution in [0.5, 0.6) is 5.75 Å². The Morgan fingerprint density at radius 3 is 2.10 bits per heavy atom. The number of hydrogen-bond donors (Lipinski definition) is 1. The summed E-state index contributed by atoms with van der Waals surface area (Å²) in [4.78, 5) is 10.9. The van der Waals surface area contributed by atoms with Gasteiger partial charge in [-0.1, -0.05) is 12.1 Å². The van der Waals surface area contributed by atoms with Crippen LogP contribution in [0, 0.1) is 0 Å². The minimum absolute atomic E-state index is 0.0541. The Hall–Kier alpha value is -2.34. The monoisotopic (exact) mass is 306 g/mol. The average molecular weight is 306 g/mol. The maximum absolute atomic E-state index is 12.3. The molecule has 0 spiro atoms.